The van der Waals surface area contributed by atoms with E-state index in [0.717, 1.165) is 0 Å². The number of benzene rings is 2. The number of ether oxygens (including phenoxy) is 3. The molecule has 0 fully saturated rings. The van der Waals surface area contributed by atoms with Gasteiger partial charge < -0.3 is 24.4 Å². The van der Waals surface area contributed by atoms with Gasteiger partial charge in [0.15, 0.2) is 0 Å². The third kappa shape index (κ3) is 5.57. The van der Waals surface area contributed by atoms with Crippen LogP contribution >= 0.6 is 0 Å². The molecule has 0 aromatic heterocycles. The van der Waals surface area contributed by atoms with Crippen LogP contribution in [0.5, 0.6) is 11.5 Å². The van der Waals surface area contributed by atoms with Crippen molar-refractivity contribution in [3.8, 4) is 11.5 Å². The van der Waals surface area contributed by atoms with E-state index in [2.05, 4.69) is 5.32 Å². The molecule has 1 atom stereocenters. The largest absolute Gasteiger partial charge is 0.497 e. The molecule has 2 aromatic rings. The van der Waals surface area contributed by atoms with Crippen molar-refractivity contribution in [3.05, 3.63) is 59.7 Å². The maximum Gasteiger partial charge on any atom is 0.325 e. The fourth-order valence-corrected chi connectivity index (χ4v) is 3.44. The zero-order chi connectivity index (χ0) is 23.3. The Bertz CT molecular complexity index is 998. The molecule has 1 heterocycles. The molecule has 0 saturated heterocycles. The zero-order valence-electron chi connectivity index (χ0n) is 18.7. The molecule has 1 aliphatic heterocycles. The number of carbonyl (C=O) groups is 3. The summed E-state index contributed by atoms with van der Waals surface area (Å²) >= 11 is 0. The molecule has 0 spiro atoms. The van der Waals surface area contributed by atoms with Gasteiger partial charge in [0.05, 0.1) is 19.2 Å². The highest BCUT2D eigenvalue weighted by molar-refractivity contribution is 6.00. The Morgan fingerprint density at radius 3 is 2.62 bits per heavy atom. The lowest BCUT2D eigenvalue weighted by molar-refractivity contribution is -0.154. The number of carbonyl (C=O) groups excluding carboxylic acids is 3. The molecule has 1 aliphatic rings. The first-order chi connectivity index (χ1) is 15.2. The molecule has 32 heavy (non-hydrogen) atoms. The molecule has 0 saturated carbocycles. The normalized spacial score (nSPS) is 14.5. The third-order valence-corrected chi connectivity index (χ3v) is 4.76. The van der Waals surface area contributed by atoms with Crippen LogP contribution in [0.2, 0.25) is 0 Å². The molecule has 0 bridgehead atoms. The van der Waals surface area contributed by atoms with Crippen molar-refractivity contribution in [1.29, 1.82) is 0 Å². The van der Waals surface area contributed by atoms with E-state index >= 15 is 0 Å². The average molecular weight is 440 g/mol. The number of amides is 2. The Morgan fingerprint density at radius 2 is 1.91 bits per heavy atom. The first-order valence-electron chi connectivity index (χ1n) is 10.4. The van der Waals surface area contributed by atoms with Crippen LogP contribution in [0.15, 0.2) is 48.5 Å². The number of para-hydroxylation sites is 1. The number of nitrogens with zero attached hydrogens (tertiary/aromatic N) is 1. The van der Waals surface area contributed by atoms with Crippen LogP contribution in [-0.4, -0.2) is 55.1 Å². The van der Waals surface area contributed by atoms with Crippen LogP contribution < -0.4 is 14.8 Å². The minimum atomic E-state index is -0.991. The SMILES string of the molecule is COc1cccc(C(C(=O)NCC(=O)OC(C)(C)C)N2CCOc3ccccc3C2=O)c1. The molecular formula is C24H28N2O6. The summed E-state index contributed by atoms with van der Waals surface area (Å²) in [6.07, 6.45) is 0. The second-order valence-electron chi connectivity index (χ2n) is 8.33. The molecular weight excluding hydrogens is 412 g/mol. The van der Waals surface area contributed by atoms with Crippen molar-refractivity contribution >= 4 is 17.8 Å². The minimum absolute atomic E-state index is 0.190. The summed E-state index contributed by atoms with van der Waals surface area (Å²) in [6.45, 7) is 5.35. The van der Waals surface area contributed by atoms with Crippen LogP contribution in [-0.2, 0) is 14.3 Å². The highest BCUT2D eigenvalue weighted by atomic mass is 16.6. The fraction of sp³-hybridized carbons (Fsp3) is 0.375. The Balaban J connectivity index is 1.91. The van der Waals surface area contributed by atoms with Gasteiger partial charge in [-0.1, -0.05) is 24.3 Å². The van der Waals surface area contributed by atoms with Crippen molar-refractivity contribution in [3.63, 3.8) is 0 Å². The number of methoxy groups -OCH3 is 1. The maximum absolute atomic E-state index is 13.4. The zero-order valence-corrected chi connectivity index (χ0v) is 18.7. The van der Waals surface area contributed by atoms with Gasteiger partial charge in [-0.25, -0.2) is 0 Å². The van der Waals surface area contributed by atoms with Crippen LogP contribution in [0.25, 0.3) is 0 Å². The van der Waals surface area contributed by atoms with Crippen molar-refractivity contribution in [1.82, 2.24) is 10.2 Å². The highest BCUT2D eigenvalue weighted by Gasteiger charge is 2.35. The molecule has 8 heteroatoms. The molecule has 3 rings (SSSR count). The summed E-state index contributed by atoms with van der Waals surface area (Å²) < 4.78 is 16.3. The predicted molar refractivity (Wildman–Crippen MR) is 118 cm³/mol. The van der Waals surface area contributed by atoms with Crippen molar-refractivity contribution in [2.75, 3.05) is 26.8 Å². The van der Waals surface area contributed by atoms with E-state index in [-0.39, 0.29) is 25.6 Å². The lowest BCUT2D eigenvalue weighted by Gasteiger charge is -2.30. The van der Waals surface area contributed by atoms with Gasteiger partial charge in [0.2, 0.25) is 5.91 Å². The molecule has 0 radical (unpaired) electrons. The number of hydrogen-bond donors (Lipinski definition) is 1. The summed E-state index contributed by atoms with van der Waals surface area (Å²) in [5, 5.41) is 2.61. The summed E-state index contributed by atoms with van der Waals surface area (Å²) in [7, 11) is 1.53. The topological polar surface area (TPSA) is 94.2 Å². The summed E-state index contributed by atoms with van der Waals surface area (Å²) in [5.74, 6) is -0.383. The Kier molecular flexibility index (Phi) is 7.02. The quantitative estimate of drug-likeness (QED) is 0.695. The monoisotopic (exact) mass is 440 g/mol. The molecule has 170 valence electrons. The van der Waals surface area contributed by atoms with Crippen molar-refractivity contribution in [2.24, 2.45) is 0 Å². The molecule has 2 amide bonds. The smallest absolute Gasteiger partial charge is 0.325 e. The van der Waals surface area contributed by atoms with Gasteiger partial charge in [-0.2, -0.15) is 0 Å². The lowest BCUT2D eigenvalue weighted by atomic mass is 10.0. The van der Waals surface area contributed by atoms with E-state index in [4.69, 9.17) is 14.2 Å². The molecule has 8 nitrogen and oxygen atoms in total. The Labute approximate surface area is 187 Å². The van der Waals surface area contributed by atoms with Gasteiger partial charge >= 0.3 is 5.97 Å². The van der Waals surface area contributed by atoms with Gasteiger partial charge in [0, 0.05) is 0 Å². The van der Waals surface area contributed by atoms with Crippen LogP contribution in [0.3, 0.4) is 0 Å². The van der Waals surface area contributed by atoms with E-state index in [1.807, 2.05) is 0 Å². The van der Waals surface area contributed by atoms with E-state index in [1.165, 1.54) is 12.0 Å². The van der Waals surface area contributed by atoms with Crippen molar-refractivity contribution < 1.29 is 28.6 Å². The van der Waals surface area contributed by atoms with Gasteiger partial charge in [-0.3, -0.25) is 14.4 Å². The number of rotatable bonds is 6. The van der Waals surface area contributed by atoms with Crippen molar-refractivity contribution in [2.45, 2.75) is 32.4 Å². The van der Waals surface area contributed by atoms with Gasteiger partial charge in [-0.15, -0.1) is 0 Å². The molecule has 1 N–H and O–H groups in total. The lowest BCUT2D eigenvalue weighted by Crippen LogP contribution is -2.46. The van der Waals surface area contributed by atoms with E-state index in [9.17, 15) is 14.4 Å². The van der Waals surface area contributed by atoms with Gasteiger partial charge in [0.25, 0.3) is 5.91 Å². The maximum atomic E-state index is 13.4. The third-order valence-electron chi connectivity index (χ3n) is 4.76. The number of nitrogens with one attached hydrogen (secondary N) is 1. The number of esters is 1. The number of hydrogen-bond acceptors (Lipinski definition) is 6. The standard InChI is InChI=1S/C24H28N2O6/c1-24(2,3)32-20(27)15-25-22(28)21(16-8-7-9-17(14-16)30-4)26-12-13-31-19-11-6-5-10-18(19)23(26)29/h5-11,14,21H,12-13,15H2,1-4H3,(H,25,28). The van der Waals surface area contributed by atoms with Crippen LogP contribution in [0.4, 0.5) is 0 Å². The second kappa shape index (κ2) is 9.72. The average Bonchev–Trinajstić information content (AvgIpc) is 2.91. The Morgan fingerprint density at radius 1 is 1.16 bits per heavy atom. The van der Waals surface area contributed by atoms with Crippen LogP contribution in [0.1, 0.15) is 42.7 Å². The van der Waals surface area contributed by atoms with E-state index in [1.54, 1.807) is 69.3 Å². The summed E-state index contributed by atoms with van der Waals surface area (Å²) in [5.41, 5.74) is 0.257. The molecule has 2 aromatic carbocycles. The fourth-order valence-electron chi connectivity index (χ4n) is 3.44. The first kappa shape index (κ1) is 23.1. The van der Waals surface area contributed by atoms with E-state index in [0.29, 0.717) is 22.6 Å². The van der Waals surface area contributed by atoms with Gasteiger partial charge in [-0.05, 0) is 50.6 Å². The molecule has 1 unspecified atom stereocenters. The highest BCUT2D eigenvalue weighted by Crippen LogP contribution is 2.30. The second-order valence-corrected chi connectivity index (χ2v) is 8.33. The minimum Gasteiger partial charge on any atom is -0.497 e. The Hall–Kier alpha value is -3.55. The van der Waals surface area contributed by atoms with E-state index < -0.39 is 23.5 Å². The summed E-state index contributed by atoms with van der Waals surface area (Å²) in [4.78, 5) is 40.2. The number of fused-ring (bicyclic) bond motifs is 1. The van der Waals surface area contributed by atoms with Crippen LogP contribution in [0, 0.1) is 0 Å². The molecule has 0 aliphatic carbocycles. The van der Waals surface area contributed by atoms with Gasteiger partial charge in [0.1, 0.15) is 36.3 Å². The predicted octanol–water partition coefficient (Wildman–Crippen LogP) is 2.73. The first-order valence-corrected chi connectivity index (χ1v) is 10.4. The summed E-state index contributed by atoms with van der Waals surface area (Å²) in [6, 6.07) is 12.9.